The molecular formula is C19H24N6O. The first-order chi connectivity index (χ1) is 12.8. The number of H-pyrrole nitrogens is 1. The van der Waals surface area contributed by atoms with Crippen molar-refractivity contribution in [1.82, 2.24) is 30.3 Å². The van der Waals surface area contributed by atoms with Crippen LogP contribution < -0.4 is 10.1 Å². The Bertz CT molecular complexity index is 869. The van der Waals surface area contributed by atoms with Crippen LogP contribution in [-0.4, -0.2) is 32.1 Å². The maximum absolute atomic E-state index is 5.32. The van der Waals surface area contributed by atoms with Gasteiger partial charge in [-0.3, -0.25) is 5.10 Å². The van der Waals surface area contributed by atoms with Crippen LogP contribution in [0.15, 0.2) is 30.5 Å². The molecule has 3 heterocycles. The first kappa shape index (κ1) is 16.8. The van der Waals surface area contributed by atoms with E-state index >= 15 is 0 Å². The van der Waals surface area contributed by atoms with Crippen LogP contribution in [0.1, 0.15) is 36.5 Å². The first-order valence-corrected chi connectivity index (χ1v) is 9.13. The third-order valence-corrected chi connectivity index (χ3v) is 4.86. The minimum atomic E-state index is 0.704. The van der Waals surface area contributed by atoms with Crippen molar-refractivity contribution in [2.45, 2.75) is 45.3 Å². The highest BCUT2D eigenvalue weighted by Gasteiger charge is 2.15. The smallest absolute Gasteiger partial charge is 0.147 e. The van der Waals surface area contributed by atoms with Crippen LogP contribution in [0.3, 0.4) is 0 Å². The predicted molar refractivity (Wildman–Crippen MR) is 98.7 cm³/mol. The lowest BCUT2D eigenvalue weighted by molar-refractivity contribution is 0.415. The molecule has 7 nitrogen and oxygen atoms in total. The Labute approximate surface area is 152 Å². The van der Waals surface area contributed by atoms with Gasteiger partial charge < -0.3 is 14.6 Å². The van der Waals surface area contributed by atoms with Crippen molar-refractivity contribution in [2.24, 2.45) is 0 Å². The van der Waals surface area contributed by atoms with E-state index in [1.807, 2.05) is 24.4 Å². The summed E-state index contributed by atoms with van der Waals surface area (Å²) in [4.78, 5) is 0. The van der Waals surface area contributed by atoms with E-state index in [2.05, 4.69) is 36.3 Å². The van der Waals surface area contributed by atoms with Gasteiger partial charge in [0.25, 0.3) is 0 Å². The molecule has 4 rings (SSSR count). The summed E-state index contributed by atoms with van der Waals surface area (Å²) < 4.78 is 7.59. The summed E-state index contributed by atoms with van der Waals surface area (Å²) in [5.74, 6) is 2.98. The zero-order valence-electron chi connectivity index (χ0n) is 15.0. The Morgan fingerprint density at radius 1 is 1.19 bits per heavy atom. The van der Waals surface area contributed by atoms with E-state index in [1.165, 1.54) is 19.3 Å². The molecule has 3 aromatic rings. The van der Waals surface area contributed by atoms with E-state index in [4.69, 9.17) is 4.74 Å². The standard InChI is InChI=1S/C19H24N6O/c1-26-16-7-5-6-14(10-16)19-15(12-21-24-19)11-20-13-18-23-22-17-8-3-2-4-9-25(17)18/h5-7,10,12,20H,2-4,8-9,11,13H2,1H3,(H,21,24). The maximum atomic E-state index is 5.32. The lowest BCUT2D eigenvalue weighted by atomic mass is 10.1. The van der Waals surface area contributed by atoms with Crippen LogP contribution in [0.5, 0.6) is 5.75 Å². The van der Waals surface area contributed by atoms with Crippen molar-refractivity contribution in [3.63, 3.8) is 0 Å². The molecule has 0 saturated heterocycles. The summed E-state index contributed by atoms with van der Waals surface area (Å²) in [5, 5.41) is 19.5. The van der Waals surface area contributed by atoms with Crippen LogP contribution in [0.2, 0.25) is 0 Å². The van der Waals surface area contributed by atoms with Gasteiger partial charge in [0, 0.05) is 30.6 Å². The van der Waals surface area contributed by atoms with Crippen molar-refractivity contribution in [3.05, 3.63) is 47.7 Å². The third-order valence-electron chi connectivity index (χ3n) is 4.86. The summed E-state index contributed by atoms with van der Waals surface area (Å²) >= 11 is 0. The number of methoxy groups -OCH3 is 1. The van der Waals surface area contributed by atoms with Crippen LogP contribution >= 0.6 is 0 Å². The molecule has 136 valence electrons. The van der Waals surface area contributed by atoms with Gasteiger partial charge in [-0.2, -0.15) is 5.10 Å². The Morgan fingerprint density at radius 3 is 3.08 bits per heavy atom. The van der Waals surface area contributed by atoms with Crippen molar-refractivity contribution in [2.75, 3.05) is 7.11 Å². The van der Waals surface area contributed by atoms with Crippen molar-refractivity contribution < 1.29 is 4.74 Å². The monoisotopic (exact) mass is 352 g/mol. The largest absolute Gasteiger partial charge is 0.497 e. The topological polar surface area (TPSA) is 80.7 Å². The number of benzene rings is 1. The highest BCUT2D eigenvalue weighted by atomic mass is 16.5. The number of hydrogen-bond acceptors (Lipinski definition) is 5. The fourth-order valence-electron chi connectivity index (χ4n) is 3.46. The fraction of sp³-hybridized carbons (Fsp3) is 0.421. The Kier molecular flexibility index (Phi) is 4.97. The summed E-state index contributed by atoms with van der Waals surface area (Å²) in [7, 11) is 1.68. The second kappa shape index (κ2) is 7.70. The summed E-state index contributed by atoms with van der Waals surface area (Å²) in [6, 6.07) is 7.99. The van der Waals surface area contributed by atoms with Crippen LogP contribution in [0.25, 0.3) is 11.3 Å². The van der Waals surface area contributed by atoms with Gasteiger partial charge in [-0.15, -0.1) is 10.2 Å². The fourth-order valence-corrected chi connectivity index (χ4v) is 3.46. The molecule has 1 aliphatic heterocycles. The van der Waals surface area contributed by atoms with E-state index in [0.717, 1.165) is 47.2 Å². The quantitative estimate of drug-likeness (QED) is 0.713. The molecule has 0 spiro atoms. The Hall–Kier alpha value is -2.67. The molecule has 1 aliphatic rings. The molecule has 0 bridgehead atoms. The van der Waals surface area contributed by atoms with Gasteiger partial charge in [0.15, 0.2) is 0 Å². The van der Waals surface area contributed by atoms with Gasteiger partial charge in [0.05, 0.1) is 25.5 Å². The molecular weight excluding hydrogens is 328 g/mol. The molecule has 0 radical (unpaired) electrons. The van der Waals surface area contributed by atoms with Gasteiger partial charge in [-0.1, -0.05) is 18.6 Å². The highest BCUT2D eigenvalue weighted by Crippen LogP contribution is 2.25. The van der Waals surface area contributed by atoms with Gasteiger partial charge in [-0.05, 0) is 25.0 Å². The third kappa shape index (κ3) is 3.48. The second-order valence-corrected chi connectivity index (χ2v) is 6.60. The number of nitrogens with one attached hydrogen (secondary N) is 2. The number of aromatic nitrogens is 5. The highest BCUT2D eigenvalue weighted by molar-refractivity contribution is 5.64. The predicted octanol–water partition coefficient (Wildman–Crippen LogP) is 2.69. The number of aryl methyl sites for hydroxylation is 1. The molecule has 0 saturated carbocycles. The molecule has 7 heteroatoms. The number of rotatable bonds is 6. The van der Waals surface area contributed by atoms with E-state index < -0.39 is 0 Å². The van der Waals surface area contributed by atoms with Gasteiger partial charge in [-0.25, -0.2) is 0 Å². The number of aromatic amines is 1. The summed E-state index contributed by atoms with van der Waals surface area (Å²) in [6.45, 7) is 2.45. The molecule has 1 aromatic carbocycles. The lowest BCUT2D eigenvalue weighted by Crippen LogP contribution is -2.17. The Morgan fingerprint density at radius 2 is 2.15 bits per heavy atom. The van der Waals surface area contributed by atoms with Crippen molar-refractivity contribution in [3.8, 4) is 17.0 Å². The van der Waals surface area contributed by atoms with E-state index in [9.17, 15) is 0 Å². The normalized spacial score (nSPS) is 14.0. The lowest BCUT2D eigenvalue weighted by Gasteiger charge is -2.09. The number of hydrogen-bond donors (Lipinski definition) is 2. The molecule has 0 unspecified atom stereocenters. The molecule has 0 fully saturated rings. The average Bonchev–Trinajstić information content (AvgIpc) is 3.22. The van der Waals surface area contributed by atoms with Crippen molar-refractivity contribution in [1.29, 1.82) is 0 Å². The molecule has 26 heavy (non-hydrogen) atoms. The van der Waals surface area contributed by atoms with E-state index in [1.54, 1.807) is 7.11 Å². The molecule has 0 atom stereocenters. The minimum absolute atomic E-state index is 0.704. The number of ether oxygens (including phenoxy) is 1. The number of fused-ring (bicyclic) bond motifs is 1. The van der Waals surface area contributed by atoms with Gasteiger partial charge >= 0.3 is 0 Å². The second-order valence-electron chi connectivity index (χ2n) is 6.60. The summed E-state index contributed by atoms with van der Waals surface area (Å²) in [5.41, 5.74) is 3.19. The molecule has 2 N–H and O–H groups in total. The summed E-state index contributed by atoms with van der Waals surface area (Å²) in [6.07, 6.45) is 6.60. The zero-order valence-corrected chi connectivity index (χ0v) is 15.0. The molecule has 2 aromatic heterocycles. The van der Waals surface area contributed by atoms with E-state index in [-0.39, 0.29) is 0 Å². The molecule has 0 aliphatic carbocycles. The van der Waals surface area contributed by atoms with Crippen LogP contribution in [0.4, 0.5) is 0 Å². The zero-order chi connectivity index (χ0) is 17.8. The van der Waals surface area contributed by atoms with E-state index in [0.29, 0.717) is 13.1 Å². The van der Waals surface area contributed by atoms with Crippen LogP contribution in [-0.2, 0) is 26.1 Å². The average molecular weight is 352 g/mol. The molecule has 0 amide bonds. The Balaban J connectivity index is 1.43. The van der Waals surface area contributed by atoms with Gasteiger partial charge in [0.2, 0.25) is 0 Å². The maximum Gasteiger partial charge on any atom is 0.147 e. The van der Waals surface area contributed by atoms with Crippen LogP contribution in [0, 0.1) is 0 Å². The SMILES string of the molecule is COc1cccc(-c2[nH]ncc2CNCc2nnc3n2CCCCC3)c1. The number of nitrogens with zero attached hydrogens (tertiary/aromatic N) is 4. The van der Waals surface area contributed by atoms with Crippen molar-refractivity contribution >= 4 is 0 Å². The van der Waals surface area contributed by atoms with Gasteiger partial charge in [0.1, 0.15) is 17.4 Å². The minimum Gasteiger partial charge on any atom is -0.497 e. The first-order valence-electron chi connectivity index (χ1n) is 9.13.